The number of nitrogens with zero attached hydrogens (tertiary/aromatic N) is 13. The number of aromatic nitrogens is 8. The van der Waals surface area contributed by atoms with E-state index in [2.05, 4.69) is 65.1 Å². The maximum atomic E-state index is 12.9. The first kappa shape index (κ1) is 113. The summed E-state index contributed by atoms with van der Waals surface area (Å²) in [5, 5.41) is 9.68. The van der Waals surface area contributed by atoms with Crippen LogP contribution in [0, 0.1) is 44.7 Å². The van der Waals surface area contributed by atoms with Gasteiger partial charge in [-0.25, -0.2) is 39.9 Å². The minimum atomic E-state index is -3.75. The molecule has 0 fully saturated rings. The molecule has 133 heavy (non-hydrogen) atoms. The van der Waals surface area contributed by atoms with Crippen LogP contribution in [0.1, 0.15) is 153 Å². The van der Waals surface area contributed by atoms with Crippen molar-refractivity contribution in [2.24, 2.45) is 0 Å². The van der Waals surface area contributed by atoms with Crippen LogP contribution >= 0.6 is 77.3 Å². The Morgan fingerprint density at radius 2 is 0.677 bits per heavy atom. The molecule has 41 nitrogen and oxygen atoms in total. The zero-order chi connectivity index (χ0) is 99.3. The highest BCUT2D eigenvalue weighted by molar-refractivity contribution is 8.18. The minimum absolute atomic E-state index is 0.0321. The van der Waals surface area contributed by atoms with Crippen molar-refractivity contribution in [1.29, 1.82) is 0 Å². The highest BCUT2D eigenvalue weighted by Gasteiger charge is 2.26. The molecule has 0 saturated carbocycles. The van der Waals surface area contributed by atoms with Gasteiger partial charge in [-0.3, -0.25) is 48.5 Å². The lowest BCUT2D eigenvalue weighted by Gasteiger charge is -2.22. The standard InChI is InChI=1S/C22H29N4O6PS.C21H27N4O6PS.C21H27N4O5PS.C20H24N5O7PS/c1-5-31-19-8-6-17(7-9-19)22(28)34-20(10-11-32-33(4,29)30)15(2)26(14-27)13-18-12-24-16(3)25-21(18)23;1-14(25(13-26)12-17-11-23-15(2)24-20(17)22)19(9-10-31-32(4,28)29)33-21(27)16-5-7-18(30-3)8-6-16;1-14-7-5-6-8-18(14)21(27)32-19(9-10-30-31(4,28)29)15(2)25(13-26)12-17-11-23-16(3)24-20(17)22;1-13(24(12-26)11-16-10-22-14(2)23-19(16)21)18(8-9-32-33(3,30)31)34-20(27)15-4-6-17(7-5-15)25(28)29/h6-9,12,14,29-30H,4-5,10-11,13H2,1-3H3,(H2,23,24,25);5-8,11,13,28-29H,4,9-10,12H2,1-3H3,(H2,22,23,24);5-8,11,13,28-29H,4,9-10,12H2,1-3H3,(H2,22,23,24);4-7,10,12,30-31H,3,8-9,11H2,1-2H3,(H2,21,22,23)/b20-15-;19-14-;19-15-;18-13-. The average Bonchev–Trinajstić information content (AvgIpc) is 0.851. The largest absolute Gasteiger partial charge is 0.497 e. The SMILES string of the molecule is C=P(O)(O)OCC/C(SC(=O)c1ccc(OC)cc1)=C(\C)N(C=O)Cc1cnc(C)nc1N.C=P(O)(O)OCC/C(SC(=O)c1ccc(OCC)cc1)=C(\C)N(C=O)Cc1cnc(C)nc1N.C=P(O)(O)OCC/C(SC(=O)c1ccc([N+](=O)[O-])cc1)=C(\C)N(C=O)Cc1cnc(C)nc1N.C=P(O)(O)OCC/C(SC(=O)c1ccccc1C)=C(\C)N(C=O)Cc1cnc(C)nc1N. The Labute approximate surface area is 785 Å². The summed E-state index contributed by atoms with van der Waals surface area (Å²) >= 11 is 3.58. The first-order valence-corrected chi connectivity index (χ1v) is 49.8. The van der Waals surface area contributed by atoms with E-state index in [1.807, 2.05) is 26.0 Å². The second-order valence-corrected chi connectivity index (χ2v) is 38.8. The number of hydrogen-bond acceptors (Lipinski definition) is 40. The van der Waals surface area contributed by atoms with Gasteiger partial charge in [-0.05, 0) is 208 Å². The molecule has 0 aliphatic heterocycles. The normalized spacial score (nSPS) is 12.2. The molecule has 0 radical (unpaired) electrons. The summed E-state index contributed by atoms with van der Waals surface area (Å²) in [6.45, 7) is 17.5. The fraction of sp³-hybridized carbons (Fsp3) is 0.286. The number of hydrogen-bond donors (Lipinski definition) is 12. The van der Waals surface area contributed by atoms with Gasteiger partial charge in [-0.1, -0.05) is 24.3 Å². The molecule has 0 saturated heterocycles. The van der Waals surface area contributed by atoms with Gasteiger partial charge in [0.25, 0.3) is 5.69 Å². The number of non-ortho nitro benzene ring substituents is 1. The van der Waals surface area contributed by atoms with Crippen molar-refractivity contribution < 1.29 is 110 Å². The summed E-state index contributed by atoms with van der Waals surface area (Å²) in [4.78, 5) is 225. The average molecular weight is 1990 g/mol. The number of allylic oxidation sites excluding steroid dienone is 4. The maximum Gasteiger partial charge on any atom is 0.269 e. The third-order valence-corrected chi connectivity index (χ3v) is 25.1. The number of nitrogen functional groups attached to an aromatic ring is 4. The van der Waals surface area contributed by atoms with Crippen LogP contribution in [0.15, 0.2) is 164 Å². The van der Waals surface area contributed by atoms with Gasteiger partial charge >= 0.3 is 0 Å². The van der Waals surface area contributed by atoms with Crippen molar-refractivity contribution in [2.75, 3.05) is 63.1 Å². The number of carbonyl (C=O) groups excluding carboxylic acids is 8. The summed E-state index contributed by atoms with van der Waals surface area (Å²) in [7, 11) is -13.3. The highest BCUT2D eigenvalue weighted by atomic mass is 32.2. The lowest BCUT2D eigenvalue weighted by molar-refractivity contribution is -0.384. The molecule has 4 amide bonds. The van der Waals surface area contributed by atoms with Crippen molar-refractivity contribution in [3.8, 4) is 11.5 Å². The molecule has 8 aromatic rings. The van der Waals surface area contributed by atoms with Crippen LogP contribution in [0.25, 0.3) is 0 Å². The Hall–Kier alpha value is -11.0. The second kappa shape index (κ2) is 54.4. The number of rotatable bonds is 44. The summed E-state index contributed by atoms with van der Waals surface area (Å²) in [5.74, 6) is 4.24. The Morgan fingerprint density at radius 1 is 0.421 bits per heavy atom. The van der Waals surface area contributed by atoms with Crippen molar-refractivity contribution >= 4 is 178 Å². The molecule has 0 bridgehead atoms. The number of aryl methyl sites for hydroxylation is 5. The fourth-order valence-electron chi connectivity index (χ4n) is 11.0. The first-order chi connectivity index (χ1) is 62.5. The summed E-state index contributed by atoms with van der Waals surface area (Å²) < 4.78 is 30.4. The number of ether oxygens (including phenoxy) is 2. The Balaban J connectivity index is 0.000000314. The Kier molecular flexibility index (Phi) is 46.0. The van der Waals surface area contributed by atoms with E-state index in [4.69, 9.17) is 50.5 Å². The number of nitrogens with two attached hydrogens (primary N) is 4. The monoisotopic (exact) mass is 1990 g/mol. The van der Waals surface area contributed by atoms with E-state index in [-0.39, 0.29) is 128 Å². The van der Waals surface area contributed by atoms with E-state index in [0.29, 0.717) is 148 Å². The molecule has 0 aliphatic carbocycles. The zero-order valence-corrected chi connectivity index (χ0v) is 81.4. The number of carbonyl (C=O) groups is 8. The van der Waals surface area contributed by atoms with Crippen LogP contribution in [0.2, 0.25) is 0 Å². The Bertz CT molecular complexity index is 5770. The van der Waals surface area contributed by atoms with Gasteiger partial charge in [-0.2, -0.15) is 0 Å². The first-order valence-electron chi connectivity index (χ1n) is 39.4. The van der Waals surface area contributed by atoms with Gasteiger partial charge in [0.15, 0.2) is 0 Å². The summed E-state index contributed by atoms with van der Waals surface area (Å²) in [6, 6.07) is 25.6. The zero-order valence-electron chi connectivity index (χ0n) is 74.5. The molecule has 0 atom stereocenters. The number of nitro groups is 1. The number of methoxy groups -OCH3 is 1. The molecule has 716 valence electrons. The predicted octanol–water partition coefficient (Wildman–Crippen LogP) is 11.5. The van der Waals surface area contributed by atoms with Gasteiger partial charge in [0.2, 0.25) is 76.4 Å². The number of nitro benzene ring substituents is 1. The van der Waals surface area contributed by atoms with Crippen LogP contribution in [0.3, 0.4) is 0 Å². The third-order valence-electron chi connectivity index (χ3n) is 18.1. The number of benzene rings is 4. The second-order valence-electron chi connectivity index (χ2n) is 28.1. The van der Waals surface area contributed by atoms with E-state index < -0.39 is 40.3 Å². The number of anilines is 4. The molecule has 8 rings (SSSR count). The minimum Gasteiger partial charge on any atom is -0.497 e. The molecular formula is C84H107N17O24P4S4. The smallest absolute Gasteiger partial charge is 0.269 e. The van der Waals surface area contributed by atoms with E-state index in [0.717, 1.165) is 52.6 Å². The number of amides is 4. The summed E-state index contributed by atoms with van der Waals surface area (Å²) in [6.07, 6.45) is 21.7. The lowest BCUT2D eigenvalue weighted by atomic mass is 10.1. The van der Waals surface area contributed by atoms with E-state index in [1.165, 1.54) is 57.2 Å². The predicted molar refractivity (Wildman–Crippen MR) is 521 cm³/mol. The molecule has 0 spiro atoms. The quantitative estimate of drug-likeness (QED) is 0.00730. The molecule has 4 heterocycles. The third kappa shape index (κ3) is 40.0. The van der Waals surface area contributed by atoms with Crippen molar-refractivity contribution in [2.45, 2.75) is 121 Å². The van der Waals surface area contributed by atoms with Gasteiger partial charge < -0.3 is 109 Å². The maximum absolute atomic E-state index is 12.9. The van der Waals surface area contributed by atoms with Crippen LogP contribution in [-0.4, -0.2) is 215 Å². The van der Waals surface area contributed by atoms with E-state index in [9.17, 15) is 87.6 Å². The van der Waals surface area contributed by atoms with Gasteiger partial charge in [0, 0.05) is 150 Å². The molecule has 4 aromatic heterocycles. The van der Waals surface area contributed by atoms with Crippen molar-refractivity contribution in [3.05, 3.63) is 248 Å². The van der Waals surface area contributed by atoms with Gasteiger partial charge in [0.1, 0.15) is 58.1 Å². The van der Waals surface area contributed by atoms with Crippen LogP contribution in [0.4, 0.5) is 29.0 Å². The van der Waals surface area contributed by atoms with Crippen molar-refractivity contribution in [1.82, 2.24) is 59.5 Å². The van der Waals surface area contributed by atoms with Crippen LogP contribution in [0.5, 0.6) is 11.5 Å². The molecule has 0 aliphatic rings. The van der Waals surface area contributed by atoms with Gasteiger partial charge in [-0.15, -0.1) is 0 Å². The molecule has 49 heteroatoms. The molecule has 0 unspecified atom stereocenters. The van der Waals surface area contributed by atoms with E-state index >= 15 is 0 Å². The van der Waals surface area contributed by atoms with Crippen LogP contribution < -0.4 is 32.4 Å². The fourth-order valence-corrected chi connectivity index (χ4v) is 16.3. The molecule has 16 N–H and O–H groups in total. The molecular weight excluding hydrogens is 1880 g/mol. The highest BCUT2D eigenvalue weighted by Crippen LogP contribution is 2.42. The molecule has 4 aromatic carbocycles. The van der Waals surface area contributed by atoms with Crippen LogP contribution in [-0.2, 0) is 63.5 Å². The number of thioether (sulfide) groups is 4. The van der Waals surface area contributed by atoms with Gasteiger partial charge in [0.05, 0.1) is 71.2 Å². The van der Waals surface area contributed by atoms with E-state index in [1.54, 1.807) is 135 Å². The topological polar surface area (TPSA) is 617 Å². The van der Waals surface area contributed by atoms with Crippen molar-refractivity contribution in [3.63, 3.8) is 0 Å². The lowest BCUT2D eigenvalue weighted by Crippen LogP contribution is -2.22. The summed E-state index contributed by atoms with van der Waals surface area (Å²) in [5.41, 5.74) is 30.1. The Morgan fingerprint density at radius 3 is 0.910 bits per heavy atom.